The van der Waals surface area contributed by atoms with Crippen molar-refractivity contribution in [2.45, 2.75) is 45.1 Å². The molecule has 1 saturated heterocycles. The molecule has 2 aliphatic rings. The Labute approximate surface area is 149 Å². The van der Waals surface area contributed by atoms with Crippen molar-refractivity contribution in [3.8, 4) is 0 Å². The molecule has 0 spiro atoms. The highest BCUT2D eigenvalue weighted by atomic mass is 16.2. The van der Waals surface area contributed by atoms with Crippen molar-refractivity contribution in [2.75, 3.05) is 5.32 Å². The second-order valence-corrected chi connectivity index (χ2v) is 6.36. The molecule has 1 unspecified atom stereocenters. The van der Waals surface area contributed by atoms with Crippen molar-refractivity contribution in [1.82, 2.24) is 10.2 Å². The van der Waals surface area contributed by atoms with Crippen LogP contribution in [0.2, 0.25) is 0 Å². The third kappa shape index (κ3) is 3.22. The van der Waals surface area contributed by atoms with Crippen LogP contribution in [0, 0.1) is 0 Å². The number of carbonyl (C=O) groups is 5. The van der Waals surface area contributed by atoms with Crippen LogP contribution in [0.5, 0.6) is 0 Å². The molecule has 5 amide bonds. The number of anilines is 1. The van der Waals surface area contributed by atoms with E-state index >= 15 is 0 Å². The lowest BCUT2D eigenvalue weighted by molar-refractivity contribution is -0.136. The number of nitrogens with zero attached hydrogens (tertiary/aromatic N) is 1. The minimum absolute atomic E-state index is 0.0720. The molecule has 0 bridgehead atoms. The van der Waals surface area contributed by atoms with E-state index in [1.54, 1.807) is 6.07 Å². The molecule has 3 rings (SSSR count). The van der Waals surface area contributed by atoms with Gasteiger partial charge >= 0.3 is 0 Å². The lowest BCUT2D eigenvalue weighted by atomic mass is 10.0. The first-order valence-electron chi connectivity index (χ1n) is 8.58. The molecule has 2 N–H and O–H groups in total. The highest BCUT2D eigenvalue weighted by Gasteiger charge is 2.44. The standard InChI is InChI=1S/C18H19N3O5/c1-2-3-4-14(22)19-10-5-6-11-12(9-10)18(26)21(17(11)25)13-7-8-15(23)20-16(13)24/h5-6,9,13H,2-4,7-8H2,1H3,(H,19,22)(H,20,23,24). The molecule has 136 valence electrons. The van der Waals surface area contributed by atoms with E-state index in [1.807, 2.05) is 6.92 Å². The van der Waals surface area contributed by atoms with Gasteiger partial charge in [0, 0.05) is 18.5 Å². The summed E-state index contributed by atoms with van der Waals surface area (Å²) >= 11 is 0. The second kappa shape index (κ2) is 7.07. The lowest BCUT2D eigenvalue weighted by Crippen LogP contribution is -2.54. The summed E-state index contributed by atoms with van der Waals surface area (Å²) in [7, 11) is 0. The van der Waals surface area contributed by atoms with Gasteiger partial charge in [0.1, 0.15) is 6.04 Å². The zero-order chi connectivity index (χ0) is 18.8. The first-order valence-corrected chi connectivity index (χ1v) is 8.58. The predicted octanol–water partition coefficient (Wildman–Crippen LogP) is 1.22. The van der Waals surface area contributed by atoms with E-state index in [0.717, 1.165) is 17.7 Å². The van der Waals surface area contributed by atoms with Crippen LogP contribution in [0.25, 0.3) is 0 Å². The predicted molar refractivity (Wildman–Crippen MR) is 91.3 cm³/mol. The molecule has 0 aromatic heterocycles. The molecule has 0 saturated carbocycles. The van der Waals surface area contributed by atoms with E-state index < -0.39 is 29.7 Å². The molecule has 8 nitrogen and oxygen atoms in total. The van der Waals surface area contributed by atoms with Crippen molar-refractivity contribution < 1.29 is 24.0 Å². The molecule has 1 atom stereocenters. The number of imide groups is 2. The average molecular weight is 357 g/mol. The number of benzene rings is 1. The first-order chi connectivity index (χ1) is 12.4. The maximum atomic E-state index is 12.7. The van der Waals surface area contributed by atoms with E-state index in [9.17, 15) is 24.0 Å². The van der Waals surface area contributed by atoms with E-state index in [4.69, 9.17) is 0 Å². The molecule has 8 heteroatoms. The fourth-order valence-corrected chi connectivity index (χ4v) is 3.11. The van der Waals surface area contributed by atoms with Gasteiger partial charge in [-0.3, -0.25) is 34.2 Å². The number of piperidine rings is 1. The smallest absolute Gasteiger partial charge is 0.262 e. The van der Waals surface area contributed by atoms with Gasteiger partial charge in [0.2, 0.25) is 17.7 Å². The first kappa shape index (κ1) is 17.8. The molecule has 2 heterocycles. The van der Waals surface area contributed by atoms with Crippen LogP contribution < -0.4 is 10.6 Å². The zero-order valence-electron chi connectivity index (χ0n) is 14.3. The Balaban J connectivity index is 1.80. The Kier molecular flexibility index (Phi) is 4.83. The van der Waals surface area contributed by atoms with Gasteiger partial charge in [-0.25, -0.2) is 0 Å². The van der Waals surface area contributed by atoms with E-state index in [-0.39, 0.29) is 29.9 Å². The van der Waals surface area contributed by atoms with Gasteiger partial charge in [-0.05, 0) is 31.0 Å². The molecular formula is C18H19N3O5. The van der Waals surface area contributed by atoms with Crippen LogP contribution in [0.3, 0.4) is 0 Å². The number of unbranched alkanes of at least 4 members (excludes halogenated alkanes) is 1. The number of carbonyl (C=O) groups excluding carboxylic acids is 5. The Bertz CT molecular complexity index is 817. The summed E-state index contributed by atoms with van der Waals surface area (Å²) in [6.07, 6.45) is 2.21. The van der Waals surface area contributed by atoms with Gasteiger partial charge in [0.15, 0.2) is 0 Å². The number of hydrogen-bond donors (Lipinski definition) is 2. The summed E-state index contributed by atoms with van der Waals surface area (Å²) in [6.45, 7) is 1.98. The molecule has 2 aliphatic heterocycles. The minimum Gasteiger partial charge on any atom is -0.326 e. The number of hydrogen-bond acceptors (Lipinski definition) is 5. The molecule has 1 aromatic rings. The van der Waals surface area contributed by atoms with Crippen molar-refractivity contribution >= 4 is 35.2 Å². The normalized spacial score (nSPS) is 19.4. The van der Waals surface area contributed by atoms with Crippen molar-refractivity contribution in [1.29, 1.82) is 0 Å². The van der Waals surface area contributed by atoms with Crippen molar-refractivity contribution in [3.05, 3.63) is 29.3 Å². The quantitative estimate of drug-likeness (QED) is 0.769. The van der Waals surface area contributed by atoms with Crippen LogP contribution in [0.1, 0.15) is 59.7 Å². The molecule has 0 aliphatic carbocycles. The van der Waals surface area contributed by atoms with Gasteiger partial charge in [0.05, 0.1) is 11.1 Å². The Morgan fingerprint density at radius 1 is 1.19 bits per heavy atom. The molecule has 0 radical (unpaired) electrons. The summed E-state index contributed by atoms with van der Waals surface area (Å²) in [5, 5.41) is 4.86. The number of amides is 5. The van der Waals surface area contributed by atoms with Crippen LogP contribution >= 0.6 is 0 Å². The Morgan fingerprint density at radius 3 is 2.62 bits per heavy atom. The molecular weight excluding hydrogens is 338 g/mol. The van der Waals surface area contributed by atoms with Gasteiger partial charge in [-0.15, -0.1) is 0 Å². The Hall–Kier alpha value is -3.03. The summed E-state index contributed by atoms with van der Waals surface area (Å²) in [5.41, 5.74) is 0.760. The van der Waals surface area contributed by atoms with E-state index in [1.165, 1.54) is 12.1 Å². The van der Waals surface area contributed by atoms with E-state index in [2.05, 4.69) is 10.6 Å². The van der Waals surface area contributed by atoms with Gasteiger partial charge < -0.3 is 5.32 Å². The summed E-state index contributed by atoms with van der Waals surface area (Å²) < 4.78 is 0. The summed E-state index contributed by atoms with van der Waals surface area (Å²) in [5.74, 6) is -2.39. The van der Waals surface area contributed by atoms with Crippen molar-refractivity contribution in [2.24, 2.45) is 0 Å². The number of rotatable bonds is 5. The second-order valence-electron chi connectivity index (χ2n) is 6.36. The van der Waals surface area contributed by atoms with Gasteiger partial charge in [-0.2, -0.15) is 0 Å². The molecule has 1 aromatic carbocycles. The zero-order valence-corrected chi connectivity index (χ0v) is 14.3. The number of fused-ring (bicyclic) bond motifs is 1. The highest BCUT2D eigenvalue weighted by Crippen LogP contribution is 2.29. The van der Waals surface area contributed by atoms with Crippen LogP contribution in [0.4, 0.5) is 5.69 Å². The summed E-state index contributed by atoms with van der Waals surface area (Å²) in [6, 6.07) is 3.48. The molecule has 26 heavy (non-hydrogen) atoms. The van der Waals surface area contributed by atoms with Crippen molar-refractivity contribution in [3.63, 3.8) is 0 Å². The number of nitrogens with one attached hydrogen (secondary N) is 2. The largest absolute Gasteiger partial charge is 0.326 e. The third-order valence-electron chi connectivity index (χ3n) is 4.48. The average Bonchev–Trinajstić information content (AvgIpc) is 2.84. The maximum absolute atomic E-state index is 12.7. The van der Waals surface area contributed by atoms with E-state index in [0.29, 0.717) is 12.1 Å². The third-order valence-corrected chi connectivity index (χ3v) is 4.48. The topological polar surface area (TPSA) is 113 Å². The molecule has 1 fully saturated rings. The van der Waals surface area contributed by atoms with Gasteiger partial charge in [-0.1, -0.05) is 13.3 Å². The maximum Gasteiger partial charge on any atom is 0.262 e. The lowest BCUT2D eigenvalue weighted by Gasteiger charge is -2.27. The highest BCUT2D eigenvalue weighted by molar-refractivity contribution is 6.23. The summed E-state index contributed by atoms with van der Waals surface area (Å²) in [4.78, 5) is 61.3. The fraction of sp³-hybridized carbons (Fsp3) is 0.389. The Morgan fingerprint density at radius 2 is 1.92 bits per heavy atom. The van der Waals surface area contributed by atoms with Crippen LogP contribution in [0.15, 0.2) is 18.2 Å². The minimum atomic E-state index is -0.998. The fourth-order valence-electron chi connectivity index (χ4n) is 3.11. The monoisotopic (exact) mass is 357 g/mol. The van der Waals surface area contributed by atoms with Crippen LogP contribution in [-0.2, 0) is 14.4 Å². The van der Waals surface area contributed by atoms with Gasteiger partial charge in [0.25, 0.3) is 11.8 Å². The van der Waals surface area contributed by atoms with Crippen LogP contribution in [-0.4, -0.2) is 40.5 Å². The SMILES string of the molecule is CCCCC(=O)Nc1ccc2c(c1)C(=O)N(C1CCC(=O)NC1=O)C2=O.